The zero-order valence-corrected chi connectivity index (χ0v) is 15.7. The minimum atomic E-state index is -0.582. The fraction of sp³-hybridized carbons (Fsp3) is 0.381. The van der Waals surface area contributed by atoms with E-state index in [1.807, 2.05) is 0 Å². The molecule has 0 aromatic heterocycles. The lowest BCUT2D eigenvalue weighted by Gasteiger charge is -2.30. The van der Waals surface area contributed by atoms with Gasteiger partial charge in [-0.3, -0.25) is 10.2 Å². The van der Waals surface area contributed by atoms with E-state index in [0.29, 0.717) is 21.8 Å². The van der Waals surface area contributed by atoms with Crippen LogP contribution in [0.3, 0.4) is 0 Å². The average molecular weight is 389 g/mol. The van der Waals surface area contributed by atoms with Gasteiger partial charge in [0.05, 0.1) is 5.69 Å². The van der Waals surface area contributed by atoms with E-state index in [0.717, 1.165) is 24.9 Å². The number of likely N-dealkylation sites (tertiary alicyclic amines) is 1. The third-order valence-electron chi connectivity index (χ3n) is 5.42. The van der Waals surface area contributed by atoms with Crippen molar-refractivity contribution in [3.63, 3.8) is 0 Å². The summed E-state index contributed by atoms with van der Waals surface area (Å²) < 4.78 is 19.8. The van der Waals surface area contributed by atoms with Crippen LogP contribution in [-0.2, 0) is 4.74 Å². The quantitative estimate of drug-likeness (QED) is 0.764. The van der Waals surface area contributed by atoms with Gasteiger partial charge in [-0.05, 0) is 60.9 Å². The van der Waals surface area contributed by atoms with Gasteiger partial charge in [0.1, 0.15) is 12.5 Å². The molecule has 2 unspecified atom stereocenters. The summed E-state index contributed by atoms with van der Waals surface area (Å²) >= 11 is 6.03. The van der Waals surface area contributed by atoms with Gasteiger partial charge in [-0.1, -0.05) is 29.8 Å². The number of amides is 1. The number of anilines is 1. The third-order valence-corrected chi connectivity index (χ3v) is 5.66. The second kappa shape index (κ2) is 7.87. The zero-order chi connectivity index (χ0) is 18.8. The van der Waals surface area contributed by atoms with E-state index in [2.05, 4.69) is 10.2 Å². The Morgan fingerprint density at radius 1 is 1.19 bits per heavy atom. The Morgan fingerprint density at radius 3 is 2.67 bits per heavy atom. The molecule has 4 rings (SSSR count). The molecular formula is C21H22ClFN2O2. The largest absolute Gasteiger partial charge is 0.433 e. The molecule has 27 heavy (non-hydrogen) atoms. The van der Waals surface area contributed by atoms with E-state index >= 15 is 0 Å². The molecule has 1 amide bonds. The van der Waals surface area contributed by atoms with Crippen molar-refractivity contribution in [1.29, 1.82) is 0 Å². The second-order valence-electron chi connectivity index (χ2n) is 7.44. The van der Waals surface area contributed by atoms with Gasteiger partial charge in [0.15, 0.2) is 0 Å². The Kier molecular flexibility index (Phi) is 5.32. The lowest BCUT2D eigenvalue weighted by molar-refractivity contribution is 0.0462. The van der Waals surface area contributed by atoms with E-state index in [1.165, 1.54) is 25.3 Å². The zero-order valence-electron chi connectivity index (χ0n) is 15.0. The first-order valence-corrected chi connectivity index (χ1v) is 9.67. The van der Waals surface area contributed by atoms with Crippen LogP contribution in [0, 0.1) is 17.7 Å². The molecule has 6 heteroatoms. The number of nitrogens with zero attached hydrogens (tertiary/aromatic N) is 1. The van der Waals surface area contributed by atoms with Crippen LogP contribution >= 0.6 is 11.6 Å². The summed E-state index contributed by atoms with van der Waals surface area (Å²) in [6.07, 6.45) is 3.27. The molecule has 2 atom stereocenters. The van der Waals surface area contributed by atoms with Gasteiger partial charge >= 0.3 is 6.09 Å². The molecular weight excluding hydrogens is 367 g/mol. The van der Waals surface area contributed by atoms with Crippen LogP contribution in [0.4, 0.5) is 14.9 Å². The molecule has 0 spiro atoms. The van der Waals surface area contributed by atoms with Crippen molar-refractivity contribution in [2.24, 2.45) is 11.8 Å². The number of halogens is 2. The monoisotopic (exact) mass is 388 g/mol. The van der Waals surface area contributed by atoms with Gasteiger partial charge in [0, 0.05) is 23.7 Å². The highest BCUT2D eigenvalue weighted by atomic mass is 35.5. The van der Waals surface area contributed by atoms with Crippen molar-refractivity contribution in [2.45, 2.75) is 19.3 Å². The smallest absolute Gasteiger partial charge is 0.412 e. The van der Waals surface area contributed by atoms with E-state index in [1.54, 1.807) is 36.4 Å². The van der Waals surface area contributed by atoms with Gasteiger partial charge in [0.2, 0.25) is 0 Å². The fourth-order valence-electron chi connectivity index (χ4n) is 4.28. The Morgan fingerprint density at radius 2 is 1.93 bits per heavy atom. The Hall–Kier alpha value is -2.11. The van der Waals surface area contributed by atoms with Crippen LogP contribution in [-0.4, -0.2) is 30.8 Å². The molecule has 1 N–H and O–H groups in total. The van der Waals surface area contributed by atoms with Crippen molar-refractivity contribution in [3.05, 3.63) is 53.3 Å². The molecule has 1 aliphatic heterocycles. The highest BCUT2D eigenvalue weighted by molar-refractivity contribution is 6.30. The maximum Gasteiger partial charge on any atom is 0.412 e. The second-order valence-corrected chi connectivity index (χ2v) is 7.88. The van der Waals surface area contributed by atoms with Crippen LogP contribution in [0.2, 0.25) is 5.02 Å². The summed E-state index contributed by atoms with van der Waals surface area (Å²) in [4.78, 5) is 14.5. The fourth-order valence-corrected chi connectivity index (χ4v) is 4.47. The molecule has 2 aromatic rings. The van der Waals surface area contributed by atoms with Crippen molar-refractivity contribution < 1.29 is 13.9 Å². The lowest BCUT2D eigenvalue weighted by Crippen LogP contribution is -2.38. The summed E-state index contributed by atoms with van der Waals surface area (Å²) in [7, 11) is 0. The summed E-state index contributed by atoms with van der Waals surface area (Å²) in [5.41, 5.74) is 1.26. The number of piperidine rings is 1. The summed E-state index contributed by atoms with van der Waals surface area (Å²) in [6.45, 7) is 2.23. The Labute approximate surface area is 163 Å². The summed E-state index contributed by atoms with van der Waals surface area (Å²) in [5.74, 6) is 1.03. The number of hydrogen-bond donors (Lipinski definition) is 1. The number of carbonyl (C=O) groups is 1. The minimum absolute atomic E-state index is 0.265. The topological polar surface area (TPSA) is 41.6 Å². The first-order chi connectivity index (χ1) is 13.1. The highest BCUT2D eigenvalue weighted by Gasteiger charge is 2.33. The van der Waals surface area contributed by atoms with Crippen LogP contribution in [0.15, 0.2) is 42.5 Å². The molecule has 2 aromatic carbocycles. The third kappa shape index (κ3) is 4.25. The van der Waals surface area contributed by atoms with Crippen LogP contribution in [0.5, 0.6) is 0 Å². The van der Waals surface area contributed by atoms with Crippen molar-refractivity contribution in [1.82, 2.24) is 4.90 Å². The van der Waals surface area contributed by atoms with E-state index in [-0.39, 0.29) is 6.73 Å². The number of ether oxygens (including phenoxy) is 1. The van der Waals surface area contributed by atoms with Gasteiger partial charge in [0.25, 0.3) is 0 Å². The predicted octanol–water partition coefficient (Wildman–Crippen LogP) is 5.38. The maximum absolute atomic E-state index is 14.4. The molecule has 1 saturated carbocycles. The molecule has 1 aliphatic carbocycles. The SMILES string of the molecule is O=C(Nc1cccc(F)c1-c1cccc(Cl)c1)OCN1CC2CCC(C2)C1. The maximum atomic E-state index is 14.4. The van der Waals surface area contributed by atoms with Crippen LogP contribution in [0.25, 0.3) is 11.1 Å². The summed E-state index contributed by atoms with van der Waals surface area (Å²) in [6, 6.07) is 11.5. The molecule has 1 saturated heterocycles. The number of carbonyl (C=O) groups excluding carboxylic acids is 1. The molecule has 1 heterocycles. The number of rotatable bonds is 4. The highest BCUT2D eigenvalue weighted by Crippen LogP contribution is 2.36. The first kappa shape index (κ1) is 18.3. The van der Waals surface area contributed by atoms with Crippen molar-refractivity contribution in [3.8, 4) is 11.1 Å². The van der Waals surface area contributed by atoms with E-state index in [9.17, 15) is 9.18 Å². The summed E-state index contributed by atoms with van der Waals surface area (Å²) in [5, 5.41) is 3.18. The standard InChI is InChI=1S/C21H22ClFN2O2/c22-17-4-1-3-16(10-17)20-18(23)5-2-6-19(20)24-21(26)27-13-25-11-14-7-8-15(9-14)12-25/h1-6,10,14-15H,7-9,11-13H2,(H,24,26). The van der Waals surface area contributed by atoms with Gasteiger partial charge in [-0.2, -0.15) is 0 Å². The van der Waals surface area contributed by atoms with Crippen LogP contribution < -0.4 is 5.32 Å². The van der Waals surface area contributed by atoms with Crippen LogP contribution in [0.1, 0.15) is 19.3 Å². The molecule has 2 fully saturated rings. The van der Waals surface area contributed by atoms with Gasteiger partial charge < -0.3 is 4.74 Å². The van der Waals surface area contributed by atoms with Crippen molar-refractivity contribution in [2.75, 3.05) is 25.1 Å². The average Bonchev–Trinajstić information content (AvgIpc) is 2.98. The van der Waals surface area contributed by atoms with Gasteiger partial charge in [-0.15, -0.1) is 0 Å². The number of benzene rings is 2. The number of fused-ring (bicyclic) bond motifs is 2. The van der Waals surface area contributed by atoms with E-state index < -0.39 is 11.9 Å². The molecule has 0 radical (unpaired) electrons. The Bertz CT molecular complexity index is 833. The first-order valence-electron chi connectivity index (χ1n) is 9.29. The Balaban J connectivity index is 1.43. The van der Waals surface area contributed by atoms with E-state index in [4.69, 9.17) is 16.3 Å². The predicted molar refractivity (Wildman–Crippen MR) is 104 cm³/mol. The minimum Gasteiger partial charge on any atom is -0.433 e. The molecule has 2 bridgehead atoms. The number of hydrogen-bond acceptors (Lipinski definition) is 3. The molecule has 4 nitrogen and oxygen atoms in total. The normalized spacial score (nSPS) is 21.9. The lowest BCUT2D eigenvalue weighted by atomic mass is 10.00. The molecule has 2 aliphatic rings. The van der Waals surface area contributed by atoms with Gasteiger partial charge in [-0.25, -0.2) is 9.18 Å². The molecule has 142 valence electrons. The van der Waals surface area contributed by atoms with Crippen molar-refractivity contribution >= 4 is 23.4 Å². The number of nitrogens with one attached hydrogen (secondary N) is 1.